The van der Waals surface area contributed by atoms with E-state index in [-0.39, 0.29) is 5.41 Å². The van der Waals surface area contributed by atoms with E-state index in [1.54, 1.807) is 0 Å². The molecule has 1 aromatic heterocycles. The van der Waals surface area contributed by atoms with Gasteiger partial charge >= 0.3 is 0 Å². The number of anilines is 3. The monoisotopic (exact) mass is 703 g/mol. The predicted molar refractivity (Wildman–Crippen MR) is 232 cm³/mol. The number of benzene rings is 9. The van der Waals surface area contributed by atoms with E-state index in [1.165, 1.54) is 60.6 Å². The molecule has 1 aliphatic carbocycles. The molecule has 0 spiro atoms. The zero-order valence-electron chi connectivity index (χ0n) is 30.8. The maximum Gasteiger partial charge on any atom is 0.143 e. The average molecular weight is 704 g/mol. The smallest absolute Gasteiger partial charge is 0.143 e. The first kappa shape index (κ1) is 31.6. The summed E-state index contributed by atoms with van der Waals surface area (Å²) in [4.78, 5) is 2.48. The number of rotatable bonds is 5. The van der Waals surface area contributed by atoms with Gasteiger partial charge in [0.2, 0.25) is 0 Å². The zero-order chi connectivity index (χ0) is 36.7. The highest BCUT2D eigenvalue weighted by Gasteiger charge is 2.39. The molecule has 55 heavy (non-hydrogen) atoms. The van der Waals surface area contributed by atoms with Gasteiger partial charge in [0.1, 0.15) is 11.2 Å². The zero-order valence-corrected chi connectivity index (χ0v) is 30.8. The molecule has 1 aliphatic rings. The third-order valence-electron chi connectivity index (χ3n) is 11.9. The second-order valence-corrected chi connectivity index (χ2v) is 15.2. The maximum atomic E-state index is 6.64. The van der Waals surface area contributed by atoms with Crippen molar-refractivity contribution in [3.05, 3.63) is 199 Å². The Labute approximate surface area is 320 Å². The fraction of sp³-hybridized carbons (Fsp3) is 0.0566. The standard InChI is InChI=1S/C53H37NO/c1-53(2)47-24-8-5-16-41(47)44-21-13-26-49(51(44)53)54(48-25-9-6-17-42(48)45-22-12-23-46-43-18-7-10-27-50(43)55-52(45)46)36-31-28-35(29-32-36)38-19-11-20-39-37-15-4-3-14-34(37)30-33-40(38)39/h3-33H,1-2H3. The minimum absolute atomic E-state index is 0.208. The van der Waals surface area contributed by atoms with Gasteiger partial charge in [0.15, 0.2) is 0 Å². The summed E-state index contributed by atoms with van der Waals surface area (Å²) in [6.45, 7) is 4.74. The molecule has 0 radical (unpaired) electrons. The first-order chi connectivity index (χ1) is 27.1. The van der Waals surface area contributed by atoms with Gasteiger partial charge < -0.3 is 9.32 Å². The Bertz CT molecular complexity index is 3130. The first-order valence-electron chi connectivity index (χ1n) is 19.1. The van der Waals surface area contributed by atoms with Crippen molar-refractivity contribution >= 4 is 60.5 Å². The summed E-state index contributed by atoms with van der Waals surface area (Å²) in [5, 5.41) is 7.33. The first-order valence-corrected chi connectivity index (χ1v) is 19.1. The van der Waals surface area contributed by atoms with Crippen molar-refractivity contribution in [1.82, 2.24) is 0 Å². The predicted octanol–water partition coefficient (Wildman–Crippen LogP) is 15.0. The summed E-state index contributed by atoms with van der Waals surface area (Å²) in [7, 11) is 0. The van der Waals surface area contributed by atoms with E-state index >= 15 is 0 Å². The van der Waals surface area contributed by atoms with Crippen LogP contribution in [0.1, 0.15) is 25.0 Å². The summed E-state index contributed by atoms with van der Waals surface area (Å²) in [5.41, 5.74) is 14.9. The molecule has 11 rings (SSSR count). The van der Waals surface area contributed by atoms with Gasteiger partial charge in [0.25, 0.3) is 0 Å². The molecule has 260 valence electrons. The molecular formula is C53H37NO. The lowest BCUT2D eigenvalue weighted by Gasteiger charge is -2.33. The van der Waals surface area contributed by atoms with Crippen LogP contribution in [0.3, 0.4) is 0 Å². The molecule has 0 aliphatic heterocycles. The fourth-order valence-electron chi connectivity index (χ4n) is 9.35. The van der Waals surface area contributed by atoms with Gasteiger partial charge in [-0.1, -0.05) is 172 Å². The second-order valence-electron chi connectivity index (χ2n) is 15.2. The Kier molecular flexibility index (Phi) is 6.93. The Morgan fingerprint density at radius 1 is 0.400 bits per heavy atom. The van der Waals surface area contributed by atoms with Crippen LogP contribution in [0.25, 0.3) is 76.9 Å². The summed E-state index contributed by atoms with van der Waals surface area (Å²) in [5.74, 6) is 0. The molecule has 0 fully saturated rings. The van der Waals surface area contributed by atoms with Gasteiger partial charge in [0.05, 0.1) is 11.4 Å². The van der Waals surface area contributed by atoms with Gasteiger partial charge in [-0.3, -0.25) is 0 Å². The molecule has 9 aromatic carbocycles. The molecule has 1 heterocycles. The Hall–Kier alpha value is -6.90. The van der Waals surface area contributed by atoms with Crippen LogP contribution in [0.4, 0.5) is 17.1 Å². The van der Waals surface area contributed by atoms with Crippen molar-refractivity contribution in [2.75, 3.05) is 4.90 Å². The summed E-state index contributed by atoms with van der Waals surface area (Å²) in [6, 6.07) is 68.4. The Morgan fingerprint density at radius 2 is 1.02 bits per heavy atom. The summed E-state index contributed by atoms with van der Waals surface area (Å²) >= 11 is 0. The number of hydrogen-bond acceptors (Lipinski definition) is 2. The molecule has 10 aromatic rings. The molecule has 0 bridgehead atoms. The molecule has 0 atom stereocenters. The normalized spacial score (nSPS) is 13.1. The van der Waals surface area contributed by atoms with Crippen molar-refractivity contribution in [1.29, 1.82) is 0 Å². The molecule has 0 N–H and O–H groups in total. The van der Waals surface area contributed by atoms with Crippen molar-refractivity contribution in [2.24, 2.45) is 0 Å². The van der Waals surface area contributed by atoms with Crippen molar-refractivity contribution in [3.8, 4) is 33.4 Å². The third kappa shape index (κ3) is 4.74. The number of nitrogens with zero attached hydrogens (tertiary/aromatic N) is 1. The lowest BCUT2D eigenvalue weighted by atomic mass is 9.81. The van der Waals surface area contributed by atoms with E-state index in [0.717, 1.165) is 44.4 Å². The van der Waals surface area contributed by atoms with E-state index in [1.807, 2.05) is 6.07 Å². The van der Waals surface area contributed by atoms with Crippen LogP contribution in [-0.2, 0) is 5.41 Å². The van der Waals surface area contributed by atoms with Crippen LogP contribution in [0.5, 0.6) is 0 Å². The fourth-order valence-corrected chi connectivity index (χ4v) is 9.35. The maximum absolute atomic E-state index is 6.64. The average Bonchev–Trinajstić information content (AvgIpc) is 3.74. The molecule has 0 saturated carbocycles. The highest BCUT2D eigenvalue weighted by atomic mass is 16.3. The van der Waals surface area contributed by atoms with Crippen LogP contribution < -0.4 is 4.90 Å². The molecule has 2 heteroatoms. The molecular weight excluding hydrogens is 667 g/mol. The van der Waals surface area contributed by atoms with E-state index in [0.29, 0.717) is 0 Å². The summed E-state index contributed by atoms with van der Waals surface area (Å²) in [6.07, 6.45) is 0. The van der Waals surface area contributed by atoms with Crippen molar-refractivity contribution in [3.63, 3.8) is 0 Å². The minimum Gasteiger partial charge on any atom is -0.455 e. The van der Waals surface area contributed by atoms with E-state index in [2.05, 4.69) is 201 Å². The summed E-state index contributed by atoms with van der Waals surface area (Å²) < 4.78 is 6.64. The van der Waals surface area contributed by atoms with Gasteiger partial charge in [-0.25, -0.2) is 0 Å². The Balaban J connectivity index is 1.14. The molecule has 0 amide bonds. The number of furan rings is 1. The van der Waals surface area contributed by atoms with Crippen LogP contribution in [0.15, 0.2) is 192 Å². The highest BCUT2D eigenvalue weighted by molar-refractivity contribution is 6.13. The van der Waals surface area contributed by atoms with E-state index in [4.69, 9.17) is 4.42 Å². The van der Waals surface area contributed by atoms with Gasteiger partial charge in [-0.2, -0.15) is 0 Å². The third-order valence-corrected chi connectivity index (χ3v) is 11.9. The highest BCUT2D eigenvalue weighted by Crippen LogP contribution is 2.55. The lowest BCUT2D eigenvalue weighted by molar-refractivity contribution is 0.660. The number of para-hydroxylation sites is 3. The van der Waals surface area contributed by atoms with Crippen molar-refractivity contribution in [2.45, 2.75) is 19.3 Å². The van der Waals surface area contributed by atoms with Gasteiger partial charge in [0, 0.05) is 33.0 Å². The van der Waals surface area contributed by atoms with Gasteiger partial charge in [-0.05, 0) is 85.3 Å². The largest absolute Gasteiger partial charge is 0.455 e. The van der Waals surface area contributed by atoms with E-state index < -0.39 is 0 Å². The topological polar surface area (TPSA) is 16.4 Å². The molecule has 0 saturated heterocycles. The van der Waals surface area contributed by atoms with Crippen molar-refractivity contribution < 1.29 is 4.42 Å². The van der Waals surface area contributed by atoms with Crippen LogP contribution in [0.2, 0.25) is 0 Å². The minimum atomic E-state index is -0.208. The quantitative estimate of drug-likeness (QED) is 0.166. The van der Waals surface area contributed by atoms with Gasteiger partial charge in [-0.15, -0.1) is 0 Å². The lowest BCUT2D eigenvalue weighted by Crippen LogP contribution is -2.21. The SMILES string of the molecule is CC1(C)c2ccccc2-c2cccc(N(c3ccc(-c4cccc5c4ccc4ccccc45)cc3)c3ccccc3-c3cccc4c3oc3ccccc34)c21. The Morgan fingerprint density at radius 3 is 1.89 bits per heavy atom. The van der Waals surface area contributed by atoms with Crippen LogP contribution >= 0.6 is 0 Å². The van der Waals surface area contributed by atoms with E-state index in [9.17, 15) is 0 Å². The number of hydrogen-bond donors (Lipinski definition) is 0. The molecule has 0 unspecified atom stereocenters. The van der Waals surface area contributed by atoms with Crippen LogP contribution in [0, 0.1) is 0 Å². The van der Waals surface area contributed by atoms with Crippen LogP contribution in [-0.4, -0.2) is 0 Å². The molecule has 2 nitrogen and oxygen atoms in total. The second kappa shape index (κ2) is 12.1. The number of fused-ring (bicyclic) bond motifs is 9.